The van der Waals surface area contributed by atoms with Crippen LogP contribution in [0, 0.1) is 10.1 Å². The van der Waals surface area contributed by atoms with Crippen molar-refractivity contribution in [1.82, 2.24) is 9.55 Å². The van der Waals surface area contributed by atoms with Crippen molar-refractivity contribution >= 4 is 58.1 Å². The number of carbonyl (C=O) groups excluding carboxylic acids is 1. The predicted octanol–water partition coefficient (Wildman–Crippen LogP) is 5.90. The Kier molecular flexibility index (Phi) is 6.76. The van der Waals surface area contributed by atoms with Gasteiger partial charge in [0.05, 0.1) is 4.92 Å². The fourth-order valence-electron chi connectivity index (χ4n) is 2.94. The summed E-state index contributed by atoms with van der Waals surface area (Å²) >= 11 is 9.70. The molecular weight excluding hydrogens is 490 g/mol. The Morgan fingerprint density at radius 3 is 2.57 bits per heavy atom. The van der Waals surface area contributed by atoms with Crippen molar-refractivity contribution in [3.8, 4) is 0 Å². The highest BCUT2D eigenvalue weighted by atomic mass is 79.9. The molecule has 0 atom stereocenters. The molecule has 2 aromatic heterocycles. The topological polar surface area (TPSA) is 87.3 Å². The van der Waals surface area contributed by atoms with E-state index in [2.05, 4.69) is 40.6 Å². The minimum absolute atomic E-state index is 0.0323. The maximum atomic E-state index is 13.2. The van der Waals surface area contributed by atoms with Gasteiger partial charge in [-0.05, 0) is 36.4 Å². The first-order valence-corrected chi connectivity index (χ1v) is 14.2. The molecule has 0 bridgehead atoms. The van der Waals surface area contributed by atoms with Crippen LogP contribution in [0.3, 0.4) is 0 Å². The van der Waals surface area contributed by atoms with E-state index < -0.39 is 18.8 Å². The lowest BCUT2D eigenvalue weighted by molar-refractivity contribution is -0.385. The van der Waals surface area contributed by atoms with Gasteiger partial charge in [-0.25, -0.2) is 4.98 Å². The van der Waals surface area contributed by atoms with Crippen molar-refractivity contribution in [2.24, 2.45) is 0 Å². The summed E-state index contributed by atoms with van der Waals surface area (Å²) in [4.78, 5) is 28.4. The van der Waals surface area contributed by atoms with Gasteiger partial charge in [0.2, 0.25) is 5.78 Å². The molecule has 0 saturated carbocycles. The Balaban J connectivity index is 2.03. The van der Waals surface area contributed by atoms with Crippen molar-refractivity contribution in [2.75, 3.05) is 6.61 Å². The summed E-state index contributed by atoms with van der Waals surface area (Å²) in [5, 5.41) is 12.2. The molecule has 0 aliphatic carbocycles. The second-order valence-corrected chi connectivity index (χ2v) is 15.0. The fourth-order valence-corrected chi connectivity index (χ4v) is 4.19. The Labute approximate surface area is 188 Å². The Morgan fingerprint density at radius 2 is 1.97 bits per heavy atom. The van der Waals surface area contributed by atoms with Crippen molar-refractivity contribution in [2.45, 2.75) is 32.4 Å². The lowest BCUT2D eigenvalue weighted by Crippen LogP contribution is -2.22. The van der Waals surface area contributed by atoms with Crippen LogP contribution in [0.1, 0.15) is 15.9 Å². The summed E-state index contributed by atoms with van der Waals surface area (Å²) in [6.45, 7) is 7.52. The summed E-state index contributed by atoms with van der Waals surface area (Å²) in [6, 6.07) is 9.17. The minimum Gasteiger partial charge on any atom is -0.361 e. The normalized spacial score (nSPS) is 11.8. The first-order valence-electron chi connectivity index (χ1n) is 9.28. The van der Waals surface area contributed by atoms with Gasteiger partial charge < -0.3 is 4.74 Å². The molecule has 158 valence electrons. The highest BCUT2D eigenvalue weighted by Crippen LogP contribution is 2.32. The summed E-state index contributed by atoms with van der Waals surface area (Å²) in [5.74, 6) is -0.463. The van der Waals surface area contributed by atoms with Gasteiger partial charge in [-0.2, -0.15) is 0 Å². The molecule has 1 aromatic carbocycles. The average molecular weight is 511 g/mol. The van der Waals surface area contributed by atoms with E-state index in [4.69, 9.17) is 16.3 Å². The molecule has 2 heterocycles. The lowest BCUT2D eigenvalue weighted by atomic mass is 10.0. The summed E-state index contributed by atoms with van der Waals surface area (Å²) in [7, 11) is -1.24. The van der Waals surface area contributed by atoms with Gasteiger partial charge in [-0.3, -0.25) is 19.5 Å². The molecule has 30 heavy (non-hydrogen) atoms. The molecule has 0 unspecified atom stereocenters. The van der Waals surface area contributed by atoms with E-state index in [0.29, 0.717) is 28.4 Å². The summed E-state index contributed by atoms with van der Waals surface area (Å²) < 4.78 is 8.19. The first-order chi connectivity index (χ1) is 14.1. The second-order valence-electron chi connectivity index (χ2n) is 8.09. The second kappa shape index (κ2) is 8.97. The zero-order chi connectivity index (χ0) is 22.1. The van der Waals surface area contributed by atoms with Gasteiger partial charge in [0.1, 0.15) is 29.3 Å². The number of nitrogens with zero attached hydrogens (tertiary/aromatic N) is 3. The number of nitro groups is 1. The van der Waals surface area contributed by atoms with E-state index in [1.54, 1.807) is 28.8 Å². The van der Waals surface area contributed by atoms with E-state index in [1.807, 2.05) is 0 Å². The number of ketones is 1. The summed E-state index contributed by atoms with van der Waals surface area (Å²) in [5.41, 5.74) is 0.321. The van der Waals surface area contributed by atoms with Gasteiger partial charge in [0, 0.05) is 30.1 Å². The van der Waals surface area contributed by atoms with Crippen molar-refractivity contribution in [1.29, 1.82) is 0 Å². The van der Waals surface area contributed by atoms with Gasteiger partial charge in [0.25, 0.3) is 5.69 Å². The highest BCUT2D eigenvalue weighted by Gasteiger charge is 2.27. The number of hydrogen-bond acceptors (Lipinski definition) is 5. The molecule has 0 amide bonds. The van der Waals surface area contributed by atoms with Gasteiger partial charge in [-0.1, -0.05) is 47.2 Å². The zero-order valence-electron chi connectivity index (χ0n) is 16.8. The molecule has 10 heteroatoms. The monoisotopic (exact) mass is 509 g/mol. The van der Waals surface area contributed by atoms with Crippen molar-refractivity contribution < 1.29 is 14.5 Å². The van der Waals surface area contributed by atoms with Crippen molar-refractivity contribution in [3.05, 3.63) is 67.4 Å². The molecule has 3 aromatic rings. The number of halogens is 2. The minimum atomic E-state index is -1.24. The molecule has 0 aliphatic heterocycles. The standard InChI is InChI=1S/C20H21BrClN3O4Si/c1-30(2,3)9-8-29-12-24-17(22)10-15-18(16(25(27)28)11-23-20(15)24)19(26)13-4-6-14(21)7-5-13/h4-7,10-11H,8-9,12H2,1-3H3. The number of pyridine rings is 1. The first kappa shape index (κ1) is 22.6. The van der Waals surface area contributed by atoms with E-state index in [-0.39, 0.29) is 18.0 Å². The van der Waals surface area contributed by atoms with Gasteiger partial charge in [0.15, 0.2) is 0 Å². The van der Waals surface area contributed by atoms with Crippen molar-refractivity contribution in [3.63, 3.8) is 0 Å². The molecule has 0 radical (unpaired) electrons. The molecular formula is C20H21BrClN3O4Si. The quantitative estimate of drug-likeness (QED) is 0.124. The SMILES string of the molecule is C[Si](C)(C)CCOCn1c(Cl)cc2c(C(=O)c3ccc(Br)cc3)c([N+](=O)[O-])cnc21. The zero-order valence-corrected chi connectivity index (χ0v) is 20.2. The Morgan fingerprint density at radius 1 is 1.30 bits per heavy atom. The van der Waals surface area contributed by atoms with Crippen LogP contribution in [-0.2, 0) is 11.5 Å². The molecule has 0 N–H and O–H groups in total. The van der Waals surface area contributed by atoms with Crippen LogP contribution in [0.4, 0.5) is 5.69 Å². The molecule has 7 nitrogen and oxygen atoms in total. The van der Waals surface area contributed by atoms with E-state index >= 15 is 0 Å². The fraction of sp³-hybridized carbons (Fsp3) is 0.300. The largest absolute Gasteiger partial charge is 0.361 e. The van der Waals surface area contributed by atoms with Crippen LogP contribution in [0.15, 0.2) is 41.0 Å². The number of rotatable bonds is 8. The maximum Gasteiger partial charge on any atom is 0.299 e. The van der Waals surface area contributed by atoms with Crippen LogP contribution in [0.5, 0.6) is 0 Å². The van der Waals surface area contributed by atoms with E-state index in [9.17, 15) is 14.9 Å². The predicted molar refractivity (Wildman–Crippen MR) is 123 cm³/mol. The van der Waals surface area contributed by atoms with Crippen LogP contribution < -0.4 is 0 Å². The third-order valence-corrected chi connectivity index (χ3v) is 7.15. The average Bonchev–Trinajstić information content (AvgIpc) is 2.99. The molecule has 0 aliphatic rings. The van der Waals surface area contributed by atoms with E-state index in [1.165, 1.54) is 6.07 Å². The lowest BCUT2D eigenvalue weighted by Gasteiger charge is -2.16. The Bertz CT molecular complexity index is 1110. The molecule has 0 spiro atoms. The number of ether oxygens (including phenoxy) is 1. The van der Waals surface area contributed by atoms with Gasteiger partial charge >= 0.3 is 0 Å². The van der Waals surface area contributed by atoms with Crippen LogP contribution >= 0.6 is 27.5 Å². The van der Waals surface area contributed by atoms with Crippen LogP contribution in [-0.4, -0.2) is 34.9 Å². The molecule has 0 fully saturated rings. The number of benzene rings is 1. The number of hydrogen-bond donors (Lipinski definition) is 0. The maximum absolute atomic E-state index is 13.2. The van der Waals surface area contributed by atoms with Crippen LogP contribution in [0.2, 0.25) is 30.8 Å². The number of aromatic nitrogens is 2. The van der Waals surface area contributed by atoms with Crippen LogP contribution in [0.25, 0.3) is 11.0 Å². The van der Waals surface area contributed by atoms with Gasteiger partial charge in [-0.15, -0.1) is 0 Å². The number of carbonyl (C=O) groups is 1. The molecule has 0 saturated heterocycles. The van der Waals surface area contributed by atoms with E-state index in [0.717, 1.165) is 16.7 Å². The Hall–Kier alpha value is -2.07. The third-order valence-electron chi connectivity index (χ3n) is 4.60. The summed E-state index contributed by atoms with van der Waals surface area (Å²) in [6.07, 6.45) is 1.10. The third kappa shape index (κ3) is 4.97. The molecule has 3 rings (SSSR count). The number of fused-ring (bicyclic) bond motifs is 1. The highest BCUT2D eigenvalue weighted by molar-refractivity contribution is 9.10. The smallest absolute Gasteiger partial charge is 0.299 e.